The van der Waals surface area contributed by atoms with E-state index in [1.807, 2.05) is 0 Å². The molecule has 3 heteroatoms. The molecule has 20 heavy (non-hydrogen) atoms. The van der Waals surface area contributed by atoms with Crippen LogP contribution >= 0.6 is 0 Å². The van der Waals surface area contributed by atoms with Gasteiger partial charge in [0.1, 0.15) is 0 Å². The van der Waals surface area contributed by atoms with Crippen LogP contribution in [0.15, 0.2) is 0 Å². The van der Waals surface area contributed by atoms with Crippen molar-refractivity contribution in [3.05, 3.63) is 0 Å². The maximum atomic E-state index is 6.09. The molecule has 1 aliphatic carbocycles. The average molecular weight is 282 g/mol. The van der Waals surface area contributed by atoms with E-state index in [0.29, 0.717) is 18.2 Å². The van der Waals surface area contributed by atoms with Crippen LogP contribution < -0.4 is 5.32 Å². The summed E-state index contributed by atoms with van der Waals surface area (Å²) in [6, 6.07) is 1.30. The third-order valence-corrected chi connectivity index (χ3v) is 4.56. The van der Waals surface area contributed by atoms with Gasteiger partial charge in [-0.2, -0.15) is 0 Å². The number of ether oxygens (including phenoxy) is 1. The number of hydrogen-bond donors (Lipinski definition) is 1. The first kappa shape index (κ1) is 16.3. The molecule has 1 heterocycles. The summed E-state index contributed by atoms with van der Waals surface area (Å²) in [4.78, 5) is 2.62. The van der Waals surface area contributed by atoms with E-state index in [0.717, 1.165) is 18.4 Å². The van der Waals surface area contributed by atoms with Crippen molar-refractivity contribution in [2.75, 3.05) is 26.2 Å². The lowest BCUT2D eigenvalue weighted by atomic mass is 9.88. The third-order valence-electron chi connectivity index (χ3n) is 4.56. The number of rotatable bonds is 7. The Hall–Kier alpha value is -0.120. The first-order chi connectivity index (χ1) is 9.52. The summed E-state index contributed by atoms with van der Waals surface area (Å²) >= 11 is 0. The predicted molar refractivity (Wildman–Crippen MR) is 85.0 cm³/mol. The lowest BCUT2D eigenvalue weighted by Gasteiger charge is -2.39. The second kappa shape index (κ2) is 7.77. The molecule has 0 atom stereocenters. The molecule has 0 aromatic heterocycles. The van der Waals surface area contributed by atoms with E-state index in [-0.39, 0.29) is 0 Å². The number of piperidine rings is 1. The zero-order chi connectivity index (χ0) is 14.5. The van der Waals surface area contributed by atoms with Gasteiger partial charge in [-0.1, -0.05) is 27.7 Å². The molecule has 2 fully saturated rings. The third kappa shape index (κ3) is 5.34. The molecule has 0 bridgehead atoms. The van der Waals surface area contributed by atoms with Gasteiger partial charge in [0.15, 0.2) is 0 Å². The molecule has 0 unspecified atom stereocenters. The van der Waals surface area contributed by atoms with Gasteiger partial charge in [-0.15, -0.1) is 0 Å². The molecule has 0 aromatic carbocycles. The lowest BCUT2D eigenvalue weighted by Crippen LogP contribution is -2.48. The Morgan fingerprint density at radius 1 is 1.10 bits per heavy atom. The summed E-state index contributed by atoms with van der Waals surface area (Å²) in [5.74, 6) is 1.60. The minimum absolute atomic E-state index is 0.528. The van der Waals surface area contributed by atoms with Crippen molar-refractivity contribution in [1.29, 1.82) is 0 Å². The summed E-state index contributed by atoms with van der Waals surface area (Å²) in [7, 11) is 0. The van der Waals surface area contributed by atoms with E-state index in [2.05, 4.69) is 37.9 Å². The summed E-state index contributed by atoms with van der Waals surface area (Å²) < 4.78 is 6.09. The fourth-order valence-electron chi connectivity index (χ4n) is 3.43. The second-order valence-corrected chi connectivity index (χ2v) is 7.58. The molecule has 1 saturated heterocycles. The Kier molecular flexibility index (Phi) is 6.31. The molecule has 1 saturated carbocycles. The van der Waals surface area contributed by atoms with Crippen molar-refractivity contribution in [3.8, 4) is 0 Å². The Bertz CT molecular complexity index is 266. The number of nitrogens with zero attached hydrogens (tertiary/aromatic N) is 1. The molecule has 2 aliphatic rings. The highest BCUT2D eigenvalue weighted by atomic mass is 16.5. The summed E-state index contributed by atoms with van der Waals surface area (Å²) in [5, 5.41) is 3.58. The average Bonchev–Trinajstić information content (AvgIpc) is 2.32. The number of nitrogens with one attached hydrogen (secondary N) is 1. The SMILES string of the molecule is CC(C)CN1CCC(CO[C@H]2C[C@H](NC(C)C)C2)CC1. The van der Waals surface area contributed by atoms with Crippen LogP contribution in [-0.4, -0.2) is 49.3 Å². The van der Waals surface area contributed by atoms with Gasteiger partial charge in [-0.05, 0) is 50.6 Å². The van der Waals surface area contributed by atoms with Crippen molar-refractivity contribution in [1.82, 2.24) is 10.2 Å². The Balaban J connectivity index is 1.52. The number of likely N-dealkylation sites (tertiary alicyclic amines) is 1. The molecular formula is C17H34N2O. The van der Waals surface area contributed by atoms with Gasteiger partial charge in [0.05, 0.1) is 6.10 Å². The van der Waals surface area contributed by atoms with Gasteiger partial charge >= 0.3 is 0 Å². The van der Waals surface area contributed by atoms with E-state index in [4.69, 9.17) is 4.74 Å². The van der Waals surface area contributed by atoms with Crippen LogP contribution in [0.3, 0.4) is 0 Å². The fourth-order valence-corrected chi connectivity index (χ4v) is 3.43. The van der Waals surface area contributed by atoms with Crippen molar-refractivity contribution >= 4 is 0 Å². The van der Waals surface area contributed by atoms with Crippen LogP contribution in [0.25, 0.3) is 0 Å². The van der Waals surface area contributed by atoms with Crippen LogP contribution in [0.2, 0.25) is 0 Å². The zero-order valence-electron chi connectivity index (χ0n) is 13.9. The molecule has 1 N–H and O–H groups in total. The van der Waals surface area contributed by atoms with Crippen molar-refractivity contribution in [2.45, 2.75) is 71.6 Å². The minimum atomic E-state index is 0.528. The van der Waals surface area contributed by atoms with Gasteiger partial charge in [-0.3, -0.25) is 0 Å². The normalized spacial score (nSPS) is 29.1. The zero-order valence-corrected chi connectivity index (χ0v) is 13.9. The van der Waals surface area contributed by atoms with E-state index in [1.165, 1.54) is 45.3 Å². The van der Waals surface area contributed by atoms with E-state index in [9.17, 15) is 0 Å². The summed E-state index contributed by atoms with van der Waals surface area (Å²) in [6.45, 7) is 13.9. The first-order valence-corrected chi connectivity index (χ1v) is 8.63. The van der Waals surface area contributed by atoms with E-state index >= 15 is 0 Å². The molecule has 2 rings (SSSR count). The van der Waals surface area contributed by atoms with Gasteiger partial charge in [-0.25, -0.2) is 0 Å². The number of hydrogen-bond acceptors (Lipinski definition) is 3. The van der Waals surface area contributed by atoms with Crippen LogP contribution in [0.1, 0.15) is 53.4 Å². The molecule has 0 spiro atoms. The largest absolute Gasteiger partial charge is 0.378 e. The van der Waals surface area contributed by atoms with Crippen LogP contribution in [0.4, 0.5) is 0 Å². The second-order valence-electron chi connectivity index (χ2n) is 7.58. The maximum Gasteiger partial charge on any atom is 0.0605 e. The summed E-state index contributed by atoms with van der Waals surface area (Å²) in [5.41, 5.74) is 0. The van der Waals surface area contributed by atoms with Crippen LogP contribution in [-0.2, 0) is 4.74 Å². The lowest BCUT2D eigenvalue weighted by molar-refractivity contribution is -0.0418. The fraction of sp³-hybridized carbons (Fsp3) is 1.00. The van der Waals surface area contributed by atoms with Crippen molar-refractivity contribution < 1.29 is 4.74 Å². The monoisotopic (exact) mass is 282 g/mol. The van der Waals surface area contributed by atoms with E-state index in [1.54, 1.807) is 0 Å². The van der Waals surface area contributed by atoms with E-state index < -0.39 is 0 Å². The molecular weight excluding hydrogens is 248 g/mol. The highest BCUT2D eigenvalue weighted by Crippen LogP contribution is 2.26. The quantitative estimate of drug-likeness (QED) is 0.777. The standard InChI is InChI=1S/C17H34N2O/c1-13(2)11-19-7-5-15(6-8-19)12-20-17-9-16(10-17)18-14(3)4/h13-18H,5-12H2,1-4H3/t16-,17-. The molecule has 0 radical (unpaired) electrons. The molecule has 3 nitrogen and oxygen atoms in total. The predicted octanol–water partition coefficient (Wildman–Crippen LogP) is 2.90. The van der Waals surface area contributed by atoms with Crippen LogP contribution in [0.5, 0.6) is 0 Å². The Morgan fingerprint density at radius 3 is 2.30 bits per heavy atom. The maximum absolute atomic E-state index is 6.09. The van der Waals surface area contributed by atoms with Crippen molar-refractivity contribution in [3.63, 3.8) is 0 Å². The van der Waals surface area contributed by atoms with Gasteiger partial charge in [0, 0.05) is 25.2 Å². The van der Waals surface area contributed by atoms with Crippen molar-refractivity contribution in [2.24, 2.45) is 11.8 Å². The minimum Gasteiger partial charge on any atom is -0.378 e. The molecule has 0 aromatic rings. The smallest absolute Gasteiger partial charge is 0.0605 e. The Morgan fingerprint density at radius 2 is 1.75 bits per heavy atom. The molecule has 118 valence electrons. The van der Waals surface area contributed by atoms with Gasteiger partial charge in [0.2, 0.25) is 0 Å². The topological polar surface area (TPSA) is 24.5 Å². The Labute approximate surface area is 125 Å². The summed E-state index contributed by atoms with van der Waals surface area (Å²) in [6.07, 6.45) is 5.61. The highest BCUT2D eigenvalue weighted by molar-refractivity contribution is 4.87. The first-order valence-electron chi connectivity index (χ1n) is 8.63. The molecule has 1 aliphatic heterocycles. The highest BCUT2D eigenvalue weighted by Gasteiger charge is 2.31. The van der Waals surface area contributed by atoms with Gasteiger partial charge < -0.3 is 15.0 Å². The van der Waals surface area contributed by atoms with Crippen LogP contribution in [0, 0.1) is 11.8 Å². The van der Waals surface area contributed by atoms with Gasteiger partial charge in [0.25, 0.3) is 0 Å². The molecule has 0 amide bonds.